The molecule has 0 bridgehead atoms. The molecule has 0 saturated carbocycles. The molecule has 1 aromatic carbocycles. The number of nitrogens with zero attached hydrogens (tertiary/aromatic N) is 4. The summed E-state index contributed by atoms with van der Waals surface area (Å²) in [5.41, 5.74) is 2.85. The van der Waals surface area contributed by atoms with Gasteiger partial charge in [0.25, 0.3) is 12.3 Å². The standard InChI is InChI=1S/C23H27F2N5O/c1-15(2)30-22-19(13-26-30)18(12-20(28-22)16-6-4-3-5-7-16)23(31)27-17-8-10-29(11-9-17)14-21(24)25/h3-7,12-13,15,17,21H,8-11,14H2,1-2H3,(H,27,31). The first kappa shape index (κ1) is 21.4. The number of amides is 1. The third-order valence-corrected chi connectivity index (χ3v) is 5.69. The molecule has 4 rings (SSSR count). The number of likely N-dealkylation sites (tertiary alicyclic amines) is 1. The molecule has 1 aliphatic rings. The third-order valence-electron chi connectivity index (χ3n) is 5.69. The molecule has 31 heavy (non-hydrogen) atoms. The lowest BCUT2D eigenvalue weighted by Gasteiger charge is -2.32. The first-order chi connectivity index (χ1) is 14.9. The van der Waals surface area contributed by atoms with Crippen molar-refractivity contribution >= 4 is 16.9 Å². The molecule has 3 aromatic rings. The predicted octanol–water partition coefficient (Wildman–Crippen LogP) is 4.14. The minimum atomic E-state index is -2.33. The molecular weight excluding hydrogens is 400 g/mol. The summed E-state index contributed by atoms with van der Waals surface area (Å²) in [6.45, 7) is 4.95. The van der Waals surface area contributed by atoms with E-state index in [0.29, 0.717) is 48.2 Å². The molecule has 3 heterocycles. The molecule has 0 aliphatic carbocycles. The van der Waals surface area contributed by atoms with Crippen LogP contribution in [-0.4, -0.2) is 57.7 Å². The van der Waals surface area contributed by atoms with Crippen molar-refractivity contribution in [3.63, 3.8) is 0 Å². The monoisotopic (exact) mass is 427 g/mol. The largest absolute Gasteiger partial charge is 0.349 e. The Labute approximate surface area is 180 Å². The van der Waals surface area contributed by atoms with Crippen molar-refractivity contribution in [1.29, 1.82) is 0 Å². The summed E-state index contributed by atoms with van der Waals surface area (Å²) in [5.74, 6) is -0.180. The first-order valence-corrected chi connectivity index (χ1v) is 10.7. The zero-order valence-corrected chi connectivity index (χ0v) is 17.8. The second-order valence-electron chi connectivity index (χ2n) is 8.28. The van der Waals surface area contributed by atoms with Crippen molar-refractivity contribution in [2.24, 2.45) is 0 Å². The second kappa shape index (κ2) is 9.09. The van der Waals surface area contributed by atoms with Crippen molar-refractivity contribution in [1.82, 2.24) is 25.0 Å². The Morgan fingerprint density at radius 1 is 1.19 bits per heavy atom. The highest BCUT2D eigenvalue weighted by Crippen LogP contribution is 2.26. The fourth-order valence-electron chi connectivity index (χ4n) is 4.06. The van der Waals surface area contributed by atoms with E-state index in [4.69, 9.17) is 4.98 Å². The number of carbonyl (C=O) groups excluding carboxylic acids is 1. The number of halogens is 2. The number of piperidine rings is 1. The zero-order valence-electron chi connectivity index (χ0n) is 17.8. The van der Waals surface area contributed by atoms with E-state index in [1.807, 2.05) is 54.9 Å². The van der Waals surface area contributed by atoms with Crippen molar-refractivity contribution in [3.05, 3.63) is 48.2 Å². The number of aromatic nitrogens is 3. The summed E-state index contributed by atoms with van der Waals surface area (Å²) in [6, 6.07) is 11.6. The van der Waals surface area contributed by atoms with E-state index in [1.54, 1.807) is 11.1 Å². The number of rotatable bonds is 6. The Bertz CT molecular complexity index is 1040. The maximum Gasteiger partial charge on any atom is 0.252 e. The van der Waals surface area contributed by atoms with Gasteiger partial charge < -0.3 is 5.32 Å². The number of hydrogen-bond donors (Lipinski definition) is 1. The molecule has 164 valence electrons. The number of hydrogen-bond acceptors (Lipinski definition) is 4. The number of benzene rings is 1. The van der Waals surface area contributed by atoms with Gasteiger partial charge >= 0.3 is 0 Å². The Kier molecular flexibility index (Phi) is 6.27. The van der Waals surface area contributed by atoms with Crippen LogP contribution in [0, 0.1) is 0 Å². The number of fused-ring (bicyclic) bond motifs is 1. The Balaban J connectivity index is 1.61. The van der Waals surface area contributed by atoms with Gasteiger partial charge in [0, 0.05) is 30.7 Å². The molecule has 1 amide bonds. The highest BCUT2D eigenvalue weighted by Gasteiger charge is 2.25. The molecule has 0 spiro atoms. The molecule has 1 fully saturated rings. The molecule has 6 nitrogen and oxygen atoms in total. The van der Waals surface area contributed by atoms with Gasteiger partial charge in [0.1, 0.15) is 0 Å². The fourth-order valence-corrected chi connectivity index (χ4v) is 4.06. The van der Waals surface area contributed by atoms with E-state index in [-0.39, 0.29) is 24.5 Å². The summed E-state index contributed by atoms with van der Waals surface area (Å²) >= 11 is 0. The van der Waals surface area contributed by atoms with Crippen LogP contribution in [0.25, 0.3) is 22.3 Å². The van der Waals surface area contributed by atoms with Crippen LogP contribution in [0.15, 0.2) is 42.6 Å². The molecule has 0 unspecified atom stereocenters. The van der Waals surface area contributed by atoms with Crippen LogP contribution in [0.5, 0.6) is 0 Å². The van der Waals surface area contributed by atoms with Crippen molar-refractivity contribution in [2.75, 3.05) is 19.6 Å². The van der Waals surface area contributed by atoms with Crippen LogP contribution >= 0.6 is 0 Å². The normalized spacial score (nSPS) is 15.8. The minimum absolute atomic E-state index is 0.0371. The van der Waals surface area contributed by atoms with E-state index in [0.717, 1.165) is 5.56 Å². The van der Waals surface area contributed by atoms with Gasteiger partial charge in [0.05, 0.1) is 29.4 Å². The van der Waals surface area contributed by atoms with Crippen molar-refractivity contribution in [3.8, 4) is 11.3 Å². The van der Waals surface area contributed by atoms with Crippen molar-refractivity contribution in [2.45, 2.75) is 45.2 Å². The van der Waals surface area contributed by atoms with Crippen LogP contribution in [0.1, 0.15) is 43.1 Å². The number of pyridine rings is 1. The van der Waals surface area contributed by atoms with Gasteiger partial charge in [0.15, 0.2) is 5.65 Å². The Hall–Kier alpha value is -2.87. The lowest BCUT2D eigenvalue weighted by Crippen LogP contribution is -2.45. The van der Waals surface area contributed by atoms with Gasteiger partial charge in [-0.15, -0.1) is 0 Å². The quantitative estimate of drug-likeness (QED) is 0.642. The van der Waals surface area contributed by atoms with Gasteiger partial charge in [-0.2, -0.15) is 5.10 Å². The molecule has 1 N–H and O–H groups in total. The average Bonchev–Trinajstić information content (AvgIpc) is 3.19. The molecule has 8 heteroatoms. The second-order valence-corrected chi connectivity index (χ2v) is 8.28. The van der Waals surface area contributed by atoms with E-state index in [1.165, 1.54) is 0 Å². The molecule has 0 radical (unpaired) electrons. The number of alkyl halides is 2. The highest BCUT2D eigenvalue weighted by molar-refractivity contribution is 6.06. The van der Waals surface area contributed by atoms with Crippen LogP contribution in [0.3, 0.4) is 0 Å². The average molecular weight is 427 g/mol. The van der Waals surface area contributed by atoms with Gasteiger partial charge in [-0.05, 0) is 32.8 Å². The summed E-state index contributed by atoms with van der Waals surface area (Å²) in [5, 5.41) is 8.26. The predicted molar refractivity (Wildman–Crippen MR) is 116 cm³/mol. The SMILES string of the molecule is CC(C)n1ncc2c(C(=O)NC3CCN(CC(F)F)CC3)cc(-c3ccccc3)nc21. The lowest BCUT2D eigenvalue weighted by atomic mass is 10.0. The smallest absolute Gasteiger partial charge is 0.252 e. The zero-order chi connectivity index (χ0) is 22.0. The topological polar surface area (TPSA) is 63.1 Å². The van der Waals surface area contributed by atoms with E-state index in [9.17, 15) is 13.6 Å². The summed E-state index contributed by atoms with van der Waals surface area (Å²) < 4.78 is 27.0. The van der Waals surface area contributed by atoms with E-state index >= 15 is 0 Å². The Morgan fingerprint density at radius 3 is 2.55 bits per heavy atom. The first-order valence-electron chi connectivity index (χ1n) is 10.7. The molecule has 1 saturated heterocycles. The van der Waals surface area contributed by atoms with Crippen LogP contribution < -0.4 is 5.32 Å². The lowest BCUT2D eigenvalue weighted by molar-refractivity contribution is 0.0696. The van der Waals surface area contributed by atoms with Gasteiger partial charge in [-0.25, -0.2) is 18.4 Å². The molecule has 2 aromatic heterocycles. The highest BCUT2D eigenvalue weighted by atomic mass is 19.3. The van der Waals surface area contributed by atoms with E-state index in [2.05, 4.69) is 10.4 Å². The summed E-state index contributed by atoms with van der Waals surface area (Å²) in [4.78, 5) is 19.8. The van der Waals surface area contributed by atoms with Gasteiger partial charge in [-0.3, -0.25) is 9.69 Å². The third kappa shape index (κ3) is 4.74. The maximum atomic E-state index is 13.2. The summed E-state index contributed by atoms with van der Waals surface area (Å²) in [6.07, 6.45) is 0.676. The fraction of sp³-hybridized carbons (Fsp3) is 0.435. The van der Waals surface area contributed by atoms with Gasteiger partial charge in [-0.1, -0.05) is 30.3 Å². The Morgan fingerprint density at radius 2 is 1.90 bits per heavy atom. The summed E-state index contributed by atoms with van der Waals surface area (Å²) in [7, 11) is 0. The van der Waals surface area contributed by atoms with Crippen LogP contribution in [0.4, 0.5) is 8.78 Å². The van der Waals surface area contributed by atoms with Gasteiger partial charge in [0.2, 0.25) is 0 Å². The van der Waals surface area contributed by atoms with E-state index < -0.39 is 6.43 Å². The minimum Gasteiger partial charge on any atom is -0.349 e. The number of nitrogens with one attached hydrogen (secondary N) is 1. The van der Waals surface area contributed by atoms with Crippen molar-refractivity contribution < 1.29 is 13.6 Å². The molecule has 1 aliphatic heterocycles. The molecular formula is C23H27F2N5O. The van der Waals surface area contributed by atoms with Crippen LogP contribution in [-0.2, 0) is 0 Å². The van der Waals surface area contributed by atoms with Crippen LogP contribution in [0.2, 0.25) is 0 Å². The number of carbonyl (C=O) groups is 1. The molecule has 0 atom stereocenters. The maximum absolute atomic E-state index is 13.2.